The van der Waals surface area contributed by atoms with Crippen LogP contribution in [0.2, 0.25) is 0 Å². The molecule has 0 atom stereocenters. The van der Waals surface area contributed by atoms with E-state index in [0.29, 0.717) is 5.75 Å². The van der Waals surface area contributed by atoms with Crippen LogP contribution in [0.4, 0.5) is 11.4 Å². The molecule has 0 unspecified atom stereocenters. The lowest BCUT2D eigenvalue weighted by molar-refractivity contribution is 0.0693. The van der Waals surface area contributed by atoms with Crippen molar-refractivity contribution in [2.24, 2.45) is 0 Å². The van der Waals surface area contributed by atoms with Gasteiger partial charge in [0.2, 0.25) is 0 Å². The molecule has 1 aliphatic rings. The maximum absolute atomic E-state index is 11.5. The highest BCUT2D eigenvalue weighted by molar-refractivity contribution is 8.00. The second-order valence-corrected chi connectivity index (χ2v) is 10.1. The topological polar surface area (TPSA) is 65.0 Å². The number of anilines is 2. The molecule has 1 heterocycles. The number of rotatable bonds is 9. The molecule has 0 bridgehead atoms. The van der Waals surface area contributed by atoms with E-state index < -0.39 is 5.97 Å². The van der Waals surface area contributed by atoms with Crippen LogP contribution in [0.3, 0.4) is 0 Å². The summed E-state index contributed by atoms with van der Waals surface area (Å²) in [5.74, 6) is -0.575. The van der Waals surface area contributed by atoms with E-state index in [2.05, 4.69) is 87.3 Å². The normalized spacial score (nSPS) is 13.8. The van der Waals surface area contributed by atoms with E-state index in [0.717, 1.165) is 48.9 Å². The zero-order chi connectivity index (χ0) is 26.3. The number of methoxy groups -OCH3 is 1. The second kappa shape index (κ2) is 12.1. The fraction of sp³-hybridized carbons (Fsp3) is 0.194. The van der Waals surface area contributed by atoms with E-state index in [4.69, 9.17) is 4.74 Å². The molecule has 1 saturated heterocycles. The van der Waals surface area contributed by atoms with Gasteiger partial charge < -0.3 is 19.5 Å². The van der Waals surface area contributed by atoms with Crippen LogP contribution >= 0.6 is 11.9 Å². The number of carboxylic acids is 1. The van der Waals surface area contributed by atoms with Crippen molar-refractivity contribution in [3.63, 3.8) is 0 Å². The van der Waals surface area contributed by atoms with Gasteiger partial charge in [-0.25, -0.2) is 4.79 Å². The fourth-order valence-electron chi connectivity index (χ4n) is 4.65. The van der Waals surface area contributed by atoms with Crippen LogP contribution in [0.25, 0.3) is 11.1 Å². The van der Waals surface area contributed by atoms with Gasteiger partial charge in [-0.2, -0.15) is 0 Å². The van der Waals surface area contributed by atoms with Gasteiger partial charge in [0.1, 0.15) is 11.3 Å². The van der Waals surface area contributed by atoms with Crippen molar-refractivity contribution in [2.75, 3.05) is 42.9 Å². The summed E-state index contributed by atoms with van der Waals surface area (Å²) in [6, 6.07) is 33.0. The van der Waals surface area contributed by atoms with Gasteiger partial charge in [-0.3, -0.25) is 4.90 Å². The molecule has 4 aromatic rings. The number of nitrogens with zero attached hydrogens (tertiary/aromatic N) is 2. The summed E-state index contributed by atoms with van der Waals surface area (Å²) in [5, 5.41) is 9.44. The molecule has 4 aromatic carbocycles. The summed E-state index contributed by atoms with van der Waals surface area (Å²) >= 11 is 1.61. The van der Waals surface area contributed by atoms with E-state index in [1.807, 2.05) is 12.1 Å². The molecule has 1 fully saturated rings. The Hall–Kier alpha value is -3.94. The lowest BCUT2D eigenvalue weighted by Crippen LogP contribution is -2.45. The zero-order valence-electron chi connectivity index (χ0n) is 21.3. The highest BCUT2D eigenvalue weighted by atomic mass is 32.2. The number of ether oxygens (including phenoxy) is 1. The van der Waals surface area contributed by atoms with E-state index in [9.17, 15) is 9.90 Å². The van der Waals surface area contributed by atoms with Gasteiger partial charge >= 0.3 is 5.97 Å². The number of benzene rings is 4. The van der Waals surface area contributed by atoms with E-state index >= 15 is 0 Å². The maximum atomic E-state index is 11.5. The zero-order valence-corrected chi connectivity index (χ0v) is 22.2. The van der Waals surface area contributed by atoms with Gasteiger partial charge in [-0.05, 0) is 77.2 Å². The number of aromatic carboxylic acids is 1. The smallest absolute Gasteiger partial charge is 0.339 e. The average molecular weight is 526 g/mol. The first kappa shape index (κ1) is 25.7. The van der Waals surface area contributed by atoms with Crippen LogP contribution in [-0.4, -0.2) is 49.3 Å². The molecule has 6 nitrogen and oxygen atoms in total. The molecular formula is C31H31N3O3S. The second-order valence-electron chi connectivity index (χ2n) is 9.24. The fourth-order valence-corrected chi connectivity index (χ4v) is 5.29. The van der Waals surface area contributed by atoms with Crippen molar-refractivity contribution in [1.29, 1.82) is 0 Å². The van der Waals surface area contributed by atoms with Gasteiger partial charge in [0, 0.05) is 49.0 Å². The first-order valence-electron chi connectivity index (χ1n) is 12.6. The predicted octanol–water partition coefficient (Wildman–Crippen LogP) is 6.50. The Morgan fingerprint density at radius 1 is 0.868 bits per heavy atom. The molecule has 0 aromatic heterocycles. The van der Waals surface area contributed by atoms with Crippen LogP contribution < -0.4 is 14.4 Å². The Morgan fingerprint density at radius 2 is 1.55 bits per heavy atom. The van der Waals surface area contributed by atoms with Crippen molar-refractivity contribution in [3.05, 3.63) is 108 Å². The minimum atomic E-state index is -0.967. The molecule has 5 rings (SSSR count). The van der Waals surface area contributed by atoms with Crippen molar-refractivity contribution < 1.29 is 14.6 Å². The van der Waals surface area contributed by atoms with E-state index in [1.54, 1.807) is 24.1 Å². The number of hydrogen-bond acceptors (Lipinski definition) is 6. The van der Waals surface area contributed by atoms with Gasteiger partial charge in [-0.15, -0.1) is 0 Å². The predicted molar refractivity (Wildman–Crippen MR) is 155 cm³/mol. The Morgan fingerprint density at radius 3 is 2.21 bits per heavy atom. The largest absolute Gasteiger partial charge is 0.496 e. The number of carbonyl (C=O) groups is 1. The van der Waals surface area contributed by atoms with Gasteiger partial charge in [0.15, 0.2) is 0 Å². The molecule has 194 valence electrons. The average Bonchev–Trinajstić information content (AvgIpc) is 2.97. The van der Waals surface area contributed by atoms with E-state index in [-0.39, 0.29) is 5.56 Å². The van der Waals surface area contributed by atoms with Crippen molar-refractivity contribution in [2.45, 2.75) is 11.4 Å². The van der Waals surface area contributed by atoms with Crippen LogP contribution in [0, 0.1) is 0 Å². The van der Waals surface area contributed by atoms with Crippen molar-refractivity contribution in [1.82, 2.24) is 4.90 Å². The molecule has 0 spiro atoms. The Balaban J connectivity index is 1.11. The highest BCUT2D eigenvalue weighted by Crippen LogP contribution is 2.27. The first-order chi connectivity index (χ1) is 18.6. The number of hydrogen-bond donors (Lipinski definition) is 2. The molecule has 2 N–H and O–H groups in total. The molecule has 0 aliphatic carbocycles. The van der Waals surface area contributed by atoms with Crippen LogP contribution in [0.5, 0.6) is 5.75 Å². The maximum Gasteiger partial charge on any atom is 0.339 e. The van der Waals surface area contributed by atoms with Crippen LogP contribution in [-0.2, 0) is 6.54 Å². The minimum Gasteiger partial charge on any atom is -0.496 e. The molecule has 1 aliphatic heterocycles. The third kappa shape index (κ3) is 6.30. The Bertz CT molecular complexity index is 1350. The Labute approximate surface area is 228 Å². The van der Waals surface area contributed by atoms with Crippen molar-refractivity contribution >= 4 is 29.3 Å². The molecule has 7 heteroatoms. The molecule has 0 radical (unpaired) electrons. The molecule has 0 amide bonds. The van der Waals surface area contributed by atoms with Crippen LogP contribution in [0.1, 0.15) is 15.9 Å². The standard InChI is InChI=1S/C31H31N3O3S/c1-37-30-16-7-23(21-29(30)31(35)36)22-33-17-19-34(20-18-33)27-12-10-26(11-13-27)32-38-28-14-8-25(9-15-28)24-5-3-2-4-6-24/h2-16,21,32H,17-20,22H2,1H3,(H,35,36). The summed E-state index contributed by atoms with van der Waals surface area (Å²) in [6.07, 6.45) is 0. The lowest BCUT2D eigenvalue weighted by atomic mass is 10.1. The minimum absolute atomic E-state index is 0.208. The first-order valence-corrected chi connectivity index (χ1v) is 13.5. The third-order valence-corrected chi connectivity index (χ3v) is 7.60. The number of piperazine rings is 1. The molecular weight excluding hydrogens is 494 g/mol. The van der Waals surface area contributed by atoms with Crippen LogP contribution in [0.15, 0.2) is 102 Å². The lowest BCUT2D eigenvalue weighted by Gasteiger charge is -2.36. The van der Waals surface area contributed by atoms with Gasteiger partial charge in [0.25, 0.3) is 0 Å². The summed E-state index contributed by atoms with van der Waals surface area (Å²) in [5.41, 5.74) is 5.91. The quantitative estimate of drug-likeness (QED) is 0.242. The summed E-state index contributed by atoms with van der Waals surface area (Å²) < 4.78 is 8.62. The van der Waals surface area contributed by atoms with E-state index in [1.165, 1.54) is 23.9 Å². The molecule has 0 saturated carbocycles. The van der Waals surface area contributed by atoms with Gasteiger partial charge in [0.05, 0.1) is 7.11 Å². The Kier molecular flexibility index (Phi) is 8.16. The van der Waals surface area contributed by atoms with Gasteiger partial charge in [-0.1, -0.05) is 48.5 Å². The summed E-state index contributed by atoms with van der Waals surface area (Å²) in [4.78, 5) is 17.4. The molecule has 38 heavy (non-hydrogen) atoms. The number of carboxylic acid groups (broad SMARTS) is 1. The van der Waals surface area contributed by atoms with Crippen molar-refractivity contribution in [3.8, 4) is 16.9 Å². The number of nitrogens with one attached hydrogen (secondary N) is 1. The monoisotopic (exact) mass is 525 g/mol. The summed E-state index contributed by atoms with van der Waals surface area (Å²) in [6.45, 7) is 4.42. The summed E-state index contributed by atoms with van der Waals surface area (Å²) in [7, 11) is 1.49. The third-order valence-electron chi connectivity index (χ3n) is 6.75. The highest BCUT2D eigenvalue weighted by Gasteiger charge is 2.19. The SMILES string of the molecule is COc1ccc(CN2CCN(c3ccc(NSc4ccc(-c5ccccc5)cc4)cc3)CC2)cc1C(=O)O.